The van der Waals surface area contributed by atoms with Crippen LogP contribution in [0.1, 0.15) is 19.4 Å². The number of oxime groups is 1. The summed E-state index contributed by atoms with van der Waals surface area (Å²) in [5.74, 6) is 0.365. The van der Waals surface area contributed by atoms with Gasteiger partial charge < -0.3 is 10.2 Å². The second kappa shape index (κ2) is 8.37. The van der Waals surface area contributed by atoms with Crippen molar-refractivity contribution in [1.29, 1.82) is 0 Å². The molecule has 0 aliphatic carbocycles. The molecule has 0 spiro atoms. The molecule has 1 saturated heterocycles. The van der Waals surface area contributed by atoms with Gasteiger partial charge in [-0.2, -0.15) is 0 Å². The van der Waals surface area contributed by atoms with E-state index in [1.54, 1.807) is 0 Å². The van der Waals surface area contributed by atoms with Gasteiger partial charge in [0.05, 0.1) is 5.71 Å². The summed E-state index contributed by atoms with van der Waals surface area (Å²) in [5, 5.41) is 8.44. The van der Waals surface area contributed by atoms with Crippen molar-refractivity contribution in [1.82, 2.24) is 10.2 Å². The van der Waals surface area contributed by atoms with Gasteiger partial charge in [0.15, 0.2) is 6.73 Å². The summed E-state index contributed by atoms with van der Waals surface area (Å²) in [7, 11) is 0. The molecule has 2 rings (SSSR count). The molecule has 116 valence electrons. The summed E-state index contributed by atoms with van der Waals surface area (Å²) in [6.07, 6.45) is 0.802. The first-order valence-corrected chi connectivity index (χ1v) is 7.89. The molecule has 1 fully saturated rings. The molecule has 0 aromatic heterocycles. The van der Waals surface area contributed by atoms with Gasteiger partial charge in [0, 0.05) is 37.6 Å². The quantitative estimate of drug-likeness (QED) is 0.648. The highest BCUT2D eigenvalue weighted by molar-refractivity contribution is 6.30. The van der Waals surface area contributed by atoms with Gasteiger partial charge in [-0.05, 0) is 23.6 Å². The van der Waals surface area contributed by atoms with Crippen LogP contribution < -0.4 is 5.32 Å². The molecule has 0 amide bonds. The Hall–Kier alpha value is -1.10. The van der Waals surface area contributed by atoms with E-state index in [1.807, 2.05) is 24.3 Å². The third-order valence-electron chi connectivity index (χ3n) is 3.60. The van der Waals surface area contributed by atoms with Crippen LogP contribution in [0, 0.1) is 5.92 Å². The van der Waals surface area contributed by atoms with Gasteiger partial charge in [0.1, 0.15) is 0 Å². The second-order valence-corrected chi connectivity index (χ2v) is 6.10. The predicted molar refractivity (Wildman–Crippen MR) is 87.8 cm³/mol. The fourth-order valence-electron chi connectivity index (χ4n) is 2.19. The number of hydrogen-bond donors (Lipinski definition) is 1. The third-order valence-corrected chi connectivity index (χ3v) is 3.85. The van der Waals surface area contributed by atoms with Gasteiger partial charge in [-0.1, -0.05) is 42.7 Å². The molecule has 0 saturated carbocycles. The van der Waals surface area contributed by atoms with Crippen LogP contribution in [-0.4, -0.2) is 43.5 Å². The van der Waals surface area contributed by atoms with Crippen molar-refractivity contribution in [2.75, 3.05) is 32.9 Å². The van der Waals surface area contributed by atoms with E-state index in [-0.39, 0.29) is 0 Å². The van der Waals surface area contributed by atoms with E-state index in [2.05, 4.69) is 29.2 Å². The Labute approximate surface area is 132 Å². The van der Waals surface area contributed by atoms with Crippen molar-refractivity contribution >= 4 is 17.3 Å². The highest BCUT2D eigenvalue weighted by Gasteiger charge is 2.11. The molecule has 0 atom stereocenters. The highest BCUT2D eigenvalue weighted by atomic mass is 35.5. The Kier molecular flexibility index (Phi) is 6.49. The molecule has 21 heavy (non-hydrogen) atoms. The zero-order valence-corrected chi connectivity index (χ0v) is 13.6. The first kappa shape index (κ1) is 16.3. The lowest BCUT2D eigenvalue weighted by Gasteiger charge is -2.25. The van der Waals surface area contributed by atoms with Crippen molar-refractivity contribution in [3.05, 3.63) is 34.9 Å². The molecule has 1 aliphatic heterocycles. The van der Waals surface area contributed by atoms with Crippen molar-refractivity contribution in [2.24, 2.45) is 11.1 Å². The molecule has 0 radical (unpaired) electrons. The number of piperazine rings is 1. The average Bonchev–Trinajstić information content (AvgIpc) is 2.49. The number of nitrogens with one attached hydrogen (secondary N) is 1. The summed E-state index contributed by atoms with van der Waals surface area (Å²) in [6.45, 7) is 8.93. The van der Waals surface area contributed by atoms with Crippen LogP contribution in [0.25, 0.3) is 0 Å². The van der Waals surface area contributed by atoms with Crippen LogP contribution in [0.3, 0.4) is 0 Å². The summed E-state index contributed by atoms with van der Waals surface area (Å²) in [5.41, 5.74) is 2.27. The maximum absolute atomic E-state index is 5.91. The molecule has 1 aromatic rings. The number of hydrogen-bond acceptors (Lipinski definition) is 4. The lowest BCUT2D eigenvalue weighted by Crippen LogP contribution is -2.44. The van der Waals surface area contributed by atoms with Gasteiger partial charge in [0.25, 0.3) is 0 Å². The fraction of sp³-hybridized carbons (Fsp3) is 0.562. The summed E-state index contributed by atoms with van der Waals surface area (Å²) in [4.78, 5) is 7.82. The Morgan fingerprint density at radius 1 is 1.29 bits per heavy atom. The lowest BCUT2D eigenvalue weighted by molar-refractivity contribution is 0.0252. The first-order chi connectivity index (χ1) is 10.1. The van der Waals surface area contributed by atoms with Crippen molar-refractivity contribution in [3.63, 3.8) is 0 Å². The maximum Gasteiger partial charge on any atom is 0.171 e. The second-order valence-electron chi connectivity index (χ2n) is 5.67. The fourth-order valence-corrected chi connectivity index (χ4v) is 2.31. The molecule has 0 bridgehead atoms. The van der Waals surface area contributed by atoms with E-state index in [4.69, 9.17) is 16.4 Å². The third kappa shape index (κ3) is 5.65. The van der Waals surface area contributed by atoms with E-state index >= 15 is 0 Å². The van der Waals surface area contributed by atoms with Crippen LogP contribution in [0.2, 0.25) is 5.02 Å². The molecule has 1 aromatic carbocycles. The normalized spacial score (nSPS) is 17.2. The Bertz CT molecular complexity index is 453. The predicted octanol–water partition coefficient (Wildman–Crippen LogP) is 2.77. The zero-order valence-electron chi connectivity index (χ0n) is 12.8. The highest BCUT2D eigenvalue weighted by Crippen LogP contribution is 2.12. The summed E-state index contributed by atoms with van der Waals surface area (Å²) in [6, 6.07) is 7.90. The maximum atomic E-state index is 5.91. The van der Waals surface area contributed by atoms with E-state index < -0.39 is 0 Å². The molecule has 1 aliphatic rings. The molecule has 1 heterocycles. The minimum Gasteiger partial charge on any atom is -0.380 e. The van der Waals surface area contributed by atoms with Crippen LogP contribution in [0.15, 0.2) is 29.4 Å². The molecule has 4 nitrogen and oxygen atoms in total. The van der Waals surface area contributed by atoms with Gasteiger partial charge in [-0.25, -0.2) is 0 Å². The van der Waals surface area contributed by atoms with Gasteiger partial charge in [0.2, 0.25) is 0 Å². The average molecular weight is 310 g/mol. The van der Waals surface area contributed by atoms with Gasteiger partial charge >= 0.3 is 0 Å². The van der Waals surface area contributed by atoms with Crippen LogP contribution in [0.4, 0.5) is 0 Å². The molecular weight excluding hydrogens is 286 g/mol. The SMILES string of the molecule is CC(C)/C(Cc1ccc(Cl)cc1)=N\OCN1CCNCC1. The number of halogens is 1. The van der Waals surface area contributed by atoms with Crippen molar-refractivity contribution in [3.8, 4) is 0 Å². The van der Waals surface area contributed by atoms with E-state index in [0.29, 0.717) is 12.6 Å². The van der Waals surface area contributed by atoms with E-state index in [1.165, 1.54) is 5.56 Å². The summed E-state index contributed by atoms with van der Waals surface area (Å²) < 4.78 is 0. The monoisotopic (exact) mass is 309 g/mol. The first-order valence-electron chi connectivity index (χ1n) is 7.51. The Morgan fingerprint density at radius 2 is 1.95 bits per heavy atom. The number of benzene rings is 1. The van der Waals surface area contributed by atoms with Gasteiger partial charge in [-0.3, -0.25) is 4.90 Å². The molecule has 0 unspecified atom stereocenters. The lowest BCUT2D eigenvalue weighted by atomic mass is 10.0. The molecule has 1 N–H and O–H groups in total. The van der Waals surface area contributed by atoms with E-state index in [0.717, 1.165) is 43.3 Å². The van der Waals surface area contributed by atoms with Crippen molar-refractivity contribution in [2.45, 2.75) is 20.3 Å². The van der Waals surface area contributed by atoms with Crippen LogP contribution in [-0.2, 0) is 11.3 Å². The van der Waals surface area contributed by atoms with Gasteiger partial charge in [-0.15, -0.1) is 0 Å². The van der Waals surface area contributed by atoms with Crippen LogP contribution >= 0.6 is 11.6 Å². The number of rotatable bonds is 6. The standard InChI is InChI=1S/C16H24ClN3O/c1-13(2)16(11-14-3-5-15(17)6-4-14)19-21-12-20-9-7-18-8-10-20/h3-6,13,18H,7-12H2,1-2H3/b19-16-. The minimum absolute atomic E-state index is 0.365. The molecular formula is C16H24ClN3O. The topological polar surface area (TPSA) is 36.9 Å². The Morgan fingerprint density at radius 3 is 2.57 bits per heavy atom. The summed E-state index contributed by atoms with van der Waals surface area (Å²) >= 11 is 5.91. The van der Waals surface area contributed by atoms with Crippen molar-refractivity contribution < 1.29 is 4.84 Å². The zero-order chi connectivity index (χ0) is 15.1. The van der Waals surface area contributed by atoms with Crippen LogP contribution in [0.5, 0.6) is 0 Å². The van der Waals surface area contributed by atoms with E-state index in [9.17, 15) is 0 Å². The smallest absolute Gasteiger partial charge is 0.171 e. The molecule has 5 heteroatoms. The Balaban J connectivity index is 1.88. The largest absolute Gasteiger partial charge is 0.380 e. The minimum atomic E-state index is 0.365. The number of nitrogens with zero attached hydrogens (tertiary/aromatic N) is 2.